The first-order chi connectivity index (χ1) is 6.99. The average molecular weight is 229 g/mol. The van der Waals surface area contributed by atoms with Crippen molar-refractivity contribution in [3.8, 4) is 5.75 Å². The summed E-state index contributed by atoms with van der Waals surface area (Å²) in [6.45, 7) is 1.30. The Morgan fingerprint density at radius 3 is 2.80 bits per heavy atom. The monoisotopic (exact) mass is 229 g/mol. The van der Waals surface area contributed by atoms with Crippen LogP contribution >= 0.6 is 0 Å². The maximum atomic E-state index is 10.8. The number of nitrogens with two attached hydrogens (primary N) is 1. The molecule has 0 aliphatic carbocycles. The molecule has 1 aromatic carbocycles. The summed E-state index contributed by atoms with van der Waals surface area (Å²) in [4.78, 5) is 10.8. The summed E-state index contributed by atoms with van der Waals surface area (Å²) in [5.74, 6) is -0.347. The lowest BCUT2D eigenvalue weighted by molar-refractivity contribution is -0.114. The number of rotatable bonds is 3. The minimum atomic E-state index is -2.71. The van der Waals surface area contributed by atoms with E-state index in [0.29, 0.717) is 5.69 Å². The third kappa shape index (κ3) is 3.56. The van der Waals surface area contributed by atoms with Crippen molar-refractivity contribution in [2.75, 3.05) is 11.1 Å². The van der Waals surface area contributed by atoms with Crippen LogP contribution in [0.15, 0.2) is 18.2 Å². The van der Waals surface area contributed by atoms with Crippen molar-refractivity contribution in [2.24, 2.45) is 0 Å². The van der Waals surface area contributed by atoms with Gasteiger partial charge in [-0.25, -0.2) is 4.21 Å². The highest BCUT2D eigenvalue weighted by atomic mass is 32.2. The topological polar surface area (TPSA) is 104 Å². The van der Waals surface area contributed by atoms with Gasteiger partial charge in [-0.3, -0.25) is 4.79 Å². The highest BCUT2D eigenvalue weighted by Gasteiger charge is 2.06. The van der Waals surface area contributed by atoms with Gasteiger partial charge in [-0.1, -0.05) is 0 Å². The van der Waals surface area contributed by atoms with Gasteiger partial charge in [0.05, 0.1) is 5.69 Å². The van der Waals surface area contributed by atoms with E-state index in [-0.39, 0.29) is 17.3 Å². The normalized spacial score (nSPS) is 11.9. The largest absolute Gasteiger partial charge is 0.740 e. The van der Waals surface area contributed by atoms with E-state index >= 15 is 0 Å². The molecule has 0 aliphatic heterocycles. The molecule has 0 spiro atoms. The van der Waals surface area contributed by atoms with Crippen LogP contribution < -0.4 is 15.2 Å². The Labute approximate surface area is 88.9 Å². The van der Waals surface area contributed by atoms with Gasteiger partial charge in [0.2, 0.25) is 5.91 Å². The zero-order chi connectivity index (χ0) is 11.4. The van der Waals surface area contributed by atoms with Crippen LogP contribution in [0.4, 0.5) is 11.4 Å². The summed E-state index contributed by atoms with van der Waals surface area (Å²) in [5.41, 5.74) is 6.03. The first-order valence-corrected chi connectivity index (χ1v) is 4.93. The van der Waals surface area contributed by atoms with Crippen molar-refractivity contribution in [1.29, 1.82) is 0 Å². The van der Waals surface area contributed by atoms with Gasteiger partial charge in [-0.05, 0) is 12.1 Å². The van der Waals surface area contributed by atoms with E-state index in [9.17, 15) is 13.6 Å². The Hall–Kier alpha value is -1.60. The first kappa shape index (κ1) is 11.5. The summed E-state index contributed by atoms with van der Waals surface area (Å²) >= 11 is -2.71. The van der Waals surface area contributed by atoms with Gasteiger partial charge in [0, 0.05) is 18.7 Å². The Bertz CT molecular complexity index is 408. The highest BCUT2D eigenvalue weighted by molar-refractivity contribution is 7.74. The summed E-state index contributed by atoms with van der Waals surface area (Å²) in [5, 5.41) is 2.41. The van der Waals surface area contributed by atoms with E-state index in [1.165, 1.54) is 25.1 Å². The zero-order valence-corrected chi connectivity index (χ0v) is 8.67. The molecule has 0 fully saturated rings. The lowest BCUT2D eigenvalue weighted by atomic mass is 10.2. The fraction of sp³-hybridized carbons (Fsp3) is 0.125. The Morgan fingerprint density at radius 1 is 1.60 bits per heavy atom. The van der Waals surface area contributed by atoms with Gasteiger partial charge in [-0.2, -0.15) is 0 Å². The number of hydrogen-bond donors (Lipinski definition) is 2. The van der Waals surface area contributed by atoms with E-state index in [4.69, 9.17) is 5.73 Å². The Morgan fingerprint density at radius 2 is 2.27 bits per heavy atom. The average Bonchev–Trinajstić information content (AvgIpc) is 2.08. The molecule has 1 atom stereocenters. The molecule has 15 heavy (non-hydrogen) atoms. The molecule has 1 aromatic rings. The number of carbonyl (C=O) groups is 1. The molecule has 0 heterocycles. The summed E-state index contributed by atoms with van der Waals surface area (Å²) in [7, 11) is 0. The number of hydrogen-bond acceptors (Lipinski definition) is 5. The molecule has 0 saturated carbocycles. The minimum Gasteiger partial charge on any atom is -0.740 e. The van der Waals surface area contributed by atoms with Gasteiger partial charge in [-0.15, -0.1) is 0 Å². The van der Waals surface area contributed by atoms with Crippen LogP contribution in [-0.4, -0.2) is 14.7 Å². The Kier molecular flexibility index (Phi) is 3.64. The third-order valence-corrected chi connectivity index (χ3v) is 1.79. The molecule has 1 unspecified atom stereocenters. The van der Waals surface area contributed by atoms with Crippen molar-refractivity contribution in [3.05, 3.63) is 18.2 Å². The van der Waals surface area contributed by atoms with E-state index in [1.807, 2.05) is 0 Å². The molecular weight excluding hydrogens is 220 g/mol. The second kappa shape index (κ2) is 4.76. The number of nitrogens with one attached hydrogen (secondary N) is 1. The van der Waals surface area contributed by atoms with Crippen LogP contribution in [0.1, 0.15) is 6.92 Å². The van der Waals surface area contributed by atoms with E-state index in [2.05, 4.69) is 9.50 Å². The first-order valence-electron chi connectivity index (χ1n) is 3.93. The number of amides is 1. The van der Waals surface area contributed by atoms with Gasteiger partial charge in [0.25, 0.3) is 0 Å². The second-order valence-corrected chi connectivity index (χ2v) is 3.30. The predicted molar refractivity (Wildman–Crippen MR) is 54.7 cm³/mol. The van der Waals surface area contributed by atoms with Gasteiger partial charge >= 0.3 is 0 Å². The summed E-state index contributed by atoms with van der Waals surface area (Å²) in [6, 6.07) is 4.28. The molecule has 0 aliphatic rings. The lowest BCUT2D eigenvalue weighted by Crippen LogP contribution is -2.09. The molecule has 6 nitrogen and oxygen atoms in total. The quantitative estimate of drug-likeness (QED) is 0.576. The van der Waals surface area contributed by atoms with Crippen LogP contribution in [0.2, 0.25) is 0 Å². The second-order valence-electron chi connectivity index (χ2n) is 2.72. The van der Waals surface area contributed by atoms with E-state index in [1.54, 1.807) is 0 Å². The van der Waals surface area contributed by atoms with Crippen molar-refractivity contribution in [1.82, 2.24) is 0 Å². The summed E-state index contributed by atoms with van der Waals surface area (Å²) < 4.78 is 25.1. The number of anilines is 2. The molecule has 1 rings (SSSR count). The van der Waals surface area contributed by atoms with Gasteiger partial charge < -0.3 is 19.8 Å². The SMILES string of the molecule is CC(=O)Nc1ccc(N)cc1OS(=O)[O-]. The summed E-state index contributed by atoms with van der Waals surface area (Å²) in [6.07, 6.45) is 0. The molecule has 0 saturated heterocycles. The molecule has 0 aromatic heterocycles. The Balaban J connectivity index is 3.02. The molecule has 0 radical (unpaired) electrons. The molecule has 1 amide bonds. The maximum absolute atomic E-state index is 10.8. The van der Waals surface area contributed by atoms with Crippen LogP contribution in [-0.2, 0) is 16.2 Å². The van der Waals surface area contributed by atoms with Crippen molar-refractivity contribution < 1.29 is 17.7 Å². The fourth-order valence-electron chi connectivity index (χ4n) is 0.974. The molecule has 82 valence electrons. The minimum absolute atomic E-state index is 0.0152. The van der Waals surface area contributed by atoms with Crippen LogP contribution in [0.5, 0.6) is 5.75 Å². The van der Waals surface area contributed by atoms with Gasteiger partial charge in [0.1, 0.15) is 11.4 Å². The van der Waals surface area contributed by atoms with Crippen molar-refractivity contribution in [3.63, 3.8) is 0 Å². The van der Waals surface area contributed by atoms with Crippen molar-refractivity contribution in [2.45, 2.75) is 6.92 Å². The molecular formula is C8H9N2O4S-. The maximum Gasteiger partial charge on any atom is 0.221 e. The number of benzene rings is 1. The third-order valence-electron chi connectivity index (χ3n) is 1.47. The van der Waals surface area contributed by atoms with Crippen LogP contribution in [0.25, 0.3) is 0 Å². The smallest absolute Gasteiger partial charge is 0.221 e. The van der Waals surface area contributed by atoms with E-state index in [0.717, 1.165) is 0 Å². The van der Waals surface area contributed by atoms with Crippen molar-refractivity contribution >= 4 is 28.6 Å². The standard InChI is InChI=1S/C8H10N2O4S/c1-5(11)10-7-3-2-6(9)4-8(7)14-15(12)13/h2-4H,9H2,1H3,(H,10,11)(H,12,13)/p-1. The predicted octanol–water partition coefficient (Wildman–Crippen LogP) is 0.400. The number of nitrogen functional groups attached to an aromatic ring is 1. The van der Waals surface area contributed by atoms with E-state index < -0.39 is 11.4 Å². The molecule has 7 heteroatoms. The van der Waals surface area contributed by atoms with Gasteiger partial charge in [0.15, 0.2) is 5.75 Å². The van der Waals surface area contributed by atoms with Crippen LogP contribution in [0.3, 0.4) is 0 Å². The fourth-order valence-corrected chi connectivity index (χ4v) is 1.26. The molecule has 0 bridgehead atoms. The lowest BCUT2D eigenvalue weighted by Gasteiger charge is -2.12. The highest BCUT2D eigenvalue weighted by Crippen LogP contribution is 2.27. The molecule has 3 N–H and O–H groups in total. The van der Waals surface area contributed by atoms with Crippen LogP contribution in [0, 0.1) is 0 Å². The zero-order valence-electron chi connectivity index (χ0n) is 7.85. The number of carbonyl (C=O) groups excluding carboxylic acids is 1.